The van der Waals surface area contributed by atoms with Gasteiger partial charge in [0.25, 0.3) is 0 Å². The molecule has 2 rings (SSSR count). The fourth-order valence-corrected chi connectivity index (χ4v) is 13.1. The molecule has 1 nitrogen and oxygen atoms in total. The van der Waals surface area contributed by atoms with Crippen LogP contribution >= 0.6 is 0 Å². The maximum Gasteiger partial charge on any atom is 0.138 e. The van der Waals surface area contributed by atoms with Crippen molar-refractivity contribution in [1.82, 2.24) is 4.48 Å². The number of hydrogen-bond donors (Lipinski definition) is 0. The molecule has 0 amide bonds. The molecule has 1 aromatic carbocycles. The Morgan fingerprint density at radius 1 is 0.278 bits per heavy atom. The van der Waals surface area contributed by atoms with E-state index in [1.807, 2.05) is 22.4 Å². The lowest BCUT2D eigenvalue weighted by Gasteiger charge is -2.51. The SMILES string of the molecule is CCCCCCCCCCC1=C(CCCCCCCCCC)C(CCCCCCCCCC)[N+](CCCCCCCCCC)(c2ccccc2)C(CCCCCCCCCC)=C1CCCCCCCCCC. The standard InChI is InChI=1S/C71H132N/c1-7-13-19-25-31-37-43-52-60-67-68(61-53-44-38-32-26-20-14-8-2)70(63-55-46-40-34-28-22-16-10-4)72(66-58-50-49-51-59-66,65-57-48-42-36-30-24-18-12-6)71(64-56-47-41-35-29-23-17-11-5)69(67)62-54-45-39-33-27-21-15-9-3/h49-51,58-59,70H,7-48,52-57,60-65H2,1-6H3/q+1. The molecule has 0 saturated heterocycles. The minimum absolute atomic E-state index is 0.608. The van der Waals surface area contributed by atoms with E-state index in [0.29, 0.717) is 6.04 Å². The van der Waals surface area contributed by atoms with E-state index in [2.05, 4.69) is 71.9 Å². The van der Waals surface area contributed by atoms with Crippen LogP contribution in [-0.4, -0.2) is 12.6 Å². The van der Waals surface area contributed by atoms with Crippen LogP contribution in [0.5, 0.6) is 0 Å². The van der Waals surface area contributed by atoms with E-state index in [4.69, 9.17) is 0 Å². The lowest BCUT2D eigenvalue weighted by Crippen LogP contribution is -2.59. The highest BCUT2D eigenvalue weighted by atomic mass is 15.4. The van der Waals surface area contributed by atoms with Gasteiger partial charge in [-0.05, 0) is 87.5 Å². The van der Waals surface area contributed by atoms with Gasteiger partial charge in [0.05, 0.1) is 6.54 Å². The third-order valence-corrected chi connectivity index (χ3v) is 17.6. The molecule has 1 aromatic rings. The second kappa shape index (κ2) is 49.2. The van der Waals surface area contributed by atoms with Crippen LogP contribution in [0.25, 0.3) is 0 Å². The first-order valence-corrected chi connectivity index (χ1v) is 34.0. The molecule has 2 unspecified atom stereocenters. The summed E-state index contributed by atoms with van der Waals surface area (Å²) >= 11 is 0. The average molecular weight is 1000 g/mol. The Labute approximate surface area is 455 Å². The van der Waals surface area contributed by atoms with Crippen LogP contribution in [0.15, 0.2) is 52.7 Å². The molecule has 1 heteroatoms. The molecule has 1 aliphatic heterocycles. The molecule has 2 atom stereocenters. The zero-order valence-corrected chi connectivity index (χ0v) is 50.6. The smallest absolute Gasteiger partial charge is 0.138 e. The van der Waals surface area contributed by atoms with E-state index in [0.717, 1.165) is 0 Å². The second-order valence-corrected chi connectivity index (χ2v) is 24.0. The van der Waals surface area contributed by atoms with Gasteiger partial charge in [-0.2, -0.15) is 0 Å². The molecule has 1 heterocycles. The minimum Gasteiger partial charge on any atom is -0.256 e. The Kier molecular flexibility index (Phi) is 45.7. The van der Waals surface area contributed by atoms with Crippen LogP contribution in [0, 0.1) is 0 Å². The van der Waals surface area contributed by atoms with Gasteiger partial charge >= 0.3 is 0 Å². The fraction of sp³-hybridized carbons (Fsp3) is 0.859. The Bertz CT molecular complexity index is 1350. The van der Waals surface area contributed by atoms with Crippen LogP contribution in [0.2, 0.25) is 0 Å². The number of nitrogens with zero attached hydrogens (tertiary/aromatic N) is 1. The summed E-state index contributed by atoms with van der Waals surface area (Å²) < 4.78 is 1.20. The lowest BCUT2D eigenvalue weighted by molar-refractivity contribution is 0.231. The highest BCUT2D eigenvalue weighted by Crippen LogP contribution is 2.50. The van der Waals surface area contributed by atoms with Crippen molar-refractivity contribution in [2.24, 2.45) is 0 Å². The lowest BCUT2D eigenvalue weighted by atomic mass is 9.76. The first-order chi connectivity index (χ1) is 35.7. The molecular weight excluding hydrogens is 867 g/mol. The number of para-hydroxylation sites is 1. The Morgan fingerprint density at radius 3 is 0.944 bits per heavy atom. The number of unbranched alkanes of at least 4 members (excludes halogenated alkanes) is 42. The van der Waals surface area contributed by atoms with Gasteiger partial charge in [-0.1, -0.05) is 323 Å². The molecular formula is C71H132N+. The van der Waals surface area contributed by atoms with Gasteiger partial charge < -0.3 is 0 Å². The van der Waals surface area contributed by atoms with Crippen molar-refractivity contribution in [3.05, 3.63) is 52.7 Å². The molecule has 0 aromatic heterocycles. The first kappa shape index (κ1) is 66.8. The van der Waals surface area contributed by atoms with Crippen molar-refractivity contribution < 1.29 is 0 Å². The molecule has 0 aliphatic carbocycles. The number of benzene rings is 1. The predicted molar refractivity (Wildman–Crippen MR) is 330 cm³/mol. The Balaban J connectivity index is 2.82. The molecule has 0 fully saturated rings. The van der Waals surface area contributed by atoms with E-state index < -0.39 is 0 Å². The summed E-state index contributed by atoms with van der Waals surface area (Å²) in [4.78, 5) is 0. The second-order valence-electron chi connectivity index (χ2n) is 24.0. The van der Waals surface area contributed by atoms with Gasteiger partial charge in [0.2, 0.25) is 0 Å². The summed E-state index contributed by atoms with van der Waals surface area (Å²) in [6, 6.07) is 13.1. The van der Waals surface area contributed by atoms with Gasteiger partial charge in [-0.3, -0.25) is 4.48 Å². The summed E-state index contributed by atoms with van der Waals surface area (Å²) in [6.07, 6.45) is 74.8. The van der Waals surface area contributed by atoms with Gasteiger partial charge in [-0.15, -0.1) is 0 Å². The molecule has 0 saturated carbocycles. The van der Waals surface area contributed by atoms with Crippen molar-refractivity contribution in [3.63, 3.8) is 0 Å². The maximum atomic E-state index is 2.64. The third kappa shape index (κ3) is 30.4. The van der Waals surface area contributed by atoms with Gasteiger partial charge in [0.15, 0.2) is 0 Å². The monoisotopic (exact) mass is 999 g/mol. The third-order valence-electron chi connectivity index (χ3n) is 17.6. The quantitative estimate of drug-likeness (QED) is 0.0451. The highest BCUT2D eigenvalue weighted by molar-refractivity contribution is 5.59. The van der Waals surface area contributed by atoms with Crippen molar-refractivity contribution in [1.29, 1.82) is 0 Å². The molecule has 72 heavy (non-hydrogen) atoms. The van der Waals surface area contributed by atoms with E-state index >= 15 is 0 Å². The Morgan fingerprint density at radius 2 is 0.569 bits per heavy atom. The topological polar surface area (TPSA) is 0 Å². The molecule has 420 valence electrons. The largest absolute Gasteiger partial charge is 0.256 e. The first-order valence-electron chi connectivity index (χ1n) is 34.0. The van der Waals surface area contributed by atoms with Gasteiger partial charge in [0.1, 0.15) is 17.4 Å². The number of rotatable bonds is 55. The number of quaternary nitrogens is 1. The van der Waals surface area contributed by atoms with E-state index in [1.165, 1.54) is 351 Å². The van der Waals surface area contributed by atoms with Crippen LogP contribution in [0.3, 0.4) is 0 Å². The summed E-state index contributed by atoms with van der Waals surface area (Å²) in [5.74, 6) is 0. The van der Waals surface area contributed by atoms with Crippen LogP contribution in [-0.2, 0) is 0 Å². The van der Waals surface area contributed by atoms with Crippen LogP contribution in [0.1, 0.15) is 382 Å². The van der Waals surface area contributed by atoms with Crippen molar-refractivity contribution in [2.75, 3.05) is 6.54 Å². The molecule has 1 aliphatic rings. The van der Waals surface area contributed by atoms with E-state index in [-0.39, 0.29) is 0 Å². The van der Waals surface area contributed by atoms with E-state index in [9.17, 15) is 0 Å². The number of allylic oxidation sites excluding steroid dienone is 3. The fourth-order valence-electron chi connectivity index (χ4n) is 13.1. The summed E-state index contributed by atoms with van der Waals surface area (Å²) in [5, 5.41) is 0. The summed E-state index contributed by atoms with van der Waals surface area (Å²) in [6.45, 7) is 15.5. The van der Waals surface area contributed by atoms with Crippen molar-refractivity contribution >= 4 is 5.69 Å². The molecule has 0 radical (unpaired) electrons. The summed E-state index contributed by atoms with van der Waals surface area (Å²) in [5.41, 5.74) is 9.47. The molecule has 0 spiro atoms. The molecule has 0 bridgehead atoms. The van der Waals surface area contributed by atoms with Crippen molar-refractivity contribution in [3.8, 4) is 0 Å². The zero-order valence-electron chi connectivity index (χ0n) is 50.6. The Hall–Kier alpha value is -1.34. The van der Waals surface area contributed by atoms with Crippen molar-refractivity contribution in [2.45, 2.75) is 388 Å². The number of hydrogen-bond acceptors (Lipinski definition) is 0. The average Bonchev–Trinajstić information content (AvgIpc) is 3.40. The van der Waals surface area contributed by atoms with E-state index in [1.54, 1.807) is 5.69 Å². The normalized spacial score (nSPS) is 16.2. The predicted octanol–water partition coefficient (Wildman–Crippen LogP) is 25.7. The zero-order chi connectivity index (χ0) is 51.7. The summed E-state index contributed by atoms with van der Waals surface area (Å²) in [7, 11) is 0. The highest BCUT2D eigenvalue weighted by Gasteiger charge is 2.49. The van der Waals surface area contributed by atoms with Crippen LogP contribution < -0.4 is 4.48 Å². The van der Waals surface area contributed by atoms with Gasteiger partial charge in [-0.25, -0.2) is 0 Å². The molecule has 0 N–H and O–H groups in total. The minimum atomic E-state index is 0.608. The van der Waals surface area contributed by atoms with Gasteiger partial charge in [0, 0.05) is 18.4 Å². The van der Waals surface area contributed by atoms with Crippen LogP contribution in [0.4, 0.5) is 5.69 Å². The maximum absolute atomic E-state index is 2.64.